The summed E-state index contributed by atoms with van der Waals surface area (Å²) in [6.07, 6.45) is 1.88. The molecule has 1 aliphatic rings. The second kappa shape index (κ2) is 7.18. The number of fused-ring (bicyclic) bond motifs is 1. The van der Waals surface area contributed by atoms with Crippen LogP contribution in [0.4, 0.5) is 0 Å². The highest BCUT2D eigenvalue weighted by Gasteiger charge is 2.46. The predicted octanol–water partition coefficient (Wildman–Crippen LogP) is 6.37. The summed E-state index contributed by atoms with van der Waals surface area (Å²) in [7, 11) is 0. The number of rotatable bonds is 4. The van der Waals surface area contributed by atoms with Crippen molar-refractivity contribution in [3.63, 3.8) is 0 Å². The smallest absolute Gasteiger partial charge is 0.150 e. The van der Waals surface area contributed by atoms with Gasteiger partial charge in [0.25, 0.3) is 0 Å². The van der Waals surface area contributed by atoms with Crippen molar-refractivity contribution in [3.05, 3.63) is 143 Å². The largest absolute Gasteiger partial charge is 0.298 e. The van der Waals surface area contributed by atoms with Crippen LogP contribution in [0.3, 0.4) is 0 Å². The molecule has 0 N–H and O–H groups in total. The molecule has 1 unspecified atom stereocenters. The van der Waals surface area contributed by atoms with Crippen LogP contribution in [0.1, 0.15) is 50.5 Å². The van der Waals surface area contributed by atoms with Crippen molar-refractivity contribution in [3.8, 4) is 0 Å². The van der Waals surface area contributed by atoms with E-state index < -0.39 is 0 Å². The Balaban J connectivity index is 1.78. The zero-order valence-electron chi connectivity index (χ0n) is 16.2. The Morgan fingerprint density at radius 3 is 1.97 bits per heavy atom. The number of hydrogen-bond donors (Lipinski definition) is 0. The first kappa shape index (κ1) is 17.6. The van der Waals surface area contributed by atoms with Gasteiger partial charge in [0.15, 0.2) is 0 Å². The summed E-state index contributed by atoms with van der Waals surface area (Å²) in [5.74, 6) is 0.242. The third-order valence-corrected chi connectivity index (χ3v) is 6.29. The number of benzene rings is 4. The molecule has 0 aromatic heterocycles. The zero-order valence-corrected chi connectivity index (χ0v) is 16.2. The molecule has 0 saturated carbocycles. The fraction of sp³-hybridized carbons (Fsp3) is 0.107. The van der Waals surface area contributed by atoms with Gasteiger partial charge in [-0.2, -0.15) is 0 Å². The average Bonchev–Trinajstić information content (AvgIpc) is 3.17. The lowest BCUT2D eigenvalue weighted by molar-refractivity contribution is 0.112. The Morgan fingerprint density at radius 1 is 0.690 bits per heavy atom. The van der Waals surface area contributed by atoms with Crippen molar-refractivity contribution in [2.45, 2.75) is 17.8 Å². The van der Waals surface area contributed by atoms with E-state index in [1.807, 2.05) is 18.2 Å². The monoisotopic (exact) mass is 374 g/mol. The van der Waals surface area contributed by atoms with Crippen LogP contribution in [0.2, 0.25) is 0 Å². The highest BCUT2D eigenvalue weighted by molar-refractivity contribution is 5.75. The van der Waals surface area contributed by atoms with Crippen LogP contribution in [0.15, 0.2) is 109 Å². The lowest BCUT2D eigenvalue weighted by atomic mass is 9.69. The van der Waals surface area contributed by atoms with Crippen LogP contribution in [0, 0.1) is 0 Å². The second-order valence-corrected chi connectivity index (χ2v) is 7.77. The van der Waals surface area contributed by atoms with Gasteiger partial charge in [-0.25, -0.2) is 0 Å². The minimum atomic E-state index is -0.207. The standard InChI is InChI=1S/C28H22O/c29-20-21-10-9-11-22(18-21)26-19-28(23-12-3-1-4-13-23,24-14-5-2-6-15-24)27-17-8-7-16-25(26)27/h1-18,20,26H,19H2. The second-order valence-electron chi connectivity index (χ2n) is 7.77. The van der Waals surface area contributed by atoms with Gasteiger partial charge in [-0.3, -0.25) is 4.79 Å². The van der Waals surface area contributed by atoms with Crippen LogP contribution < -0.4 is 0 Å². The van der Waals surface area contributed by atoms with Crippen molar-refractivity contribution in [1.29, 1.82) is 0 Å². The molecule has 1 nitrogen and oxygen atoms in total. The van der Waals surface area contributed by atoms with E-state index >= 15 is 0 Å². The lowest BCUT2D eigenvalue weighted by Crippen LogP contribution is -2.26. The Hall–Kier alpha value is -3.45. The molecule has 5 rings (SSSR count). The molecule has 4 aromatic rings. The summed E-state index contributed by atoms with van der Waals surface area (Å²) in [6, 6.07) is 38.5. The minimum Gasteiger partial charge on any atom is -0.298 e. The lowest BCUT2D eigenvalue weighted by Gasteiger charge is -2.32. The molecule has 0 spiro atoms. The molecule has 140 valence electrons. The van der Waals surface area contributed by atoms with Gasteiger partial charge in [-0.1, -0.05) is 103 Å². The molecule has 4 aromatic carbocycles. The molecule has 0 aliphatic heterocycles. The molecule has 0 radical (unpaired) electrons. The summed E-state index contributed by atoms with van der Waals surface area (Å²) in [5, 5.41) is 0. The van der Waals surface area contributed by atoms with Gasteiger partial charge in [0, 0.05) is 16.9 Å². The molecule has 0 heterocycles. The SMILES string of the molecule is O=Cc1cccc(C2CC(c3ccccc3)(c3ccccc3)c3ccccc32)c1. The maximum Gasteiger partial charge on any atom is 0.150 e. The van der Waals surface area contributed by atoms with E-state index in [0.29, 0.717) is 0 Å². The predicted molar refractivity (Wildman–Crippen MR) is 117 cm³/mol. The quantitative estimate of drug-likeness (QED) is 0.379. The Morgan fingerprint density at radius 2 is 1.31 bits per heavy atom. The van der Waals surface area contributed by atoms with Crippen LogP contribution in [-0.2, 0) is 5.41 Å². The summed E-state index contributed by atoms with van der Waals surface area (Å²) < 4.78 is 0. The van der Waals surface area contributed by atoms with Crippen molar-refractivity contribution in [2.24, 2.45) is 0 Å². The fourth-order valence-corrected chi connectivity index (χ4v) is 5.02. The Kier molecular flexibility index (Phi) is 4.37. The highest BCUT2D eigenvalue weighted by atomic mass is 16.1. The molecule has 1 atom stereocenters. The highest BCUT2D eigenvalue weighted by Crippen LogP contribution is 2.55. The Bertz CT molecular complexity index is 1110. The van der Waals surface area contributed by atoms with Gasteiger partial charge < -0.3 is 0 Å². The van der Waals surface area contributed by atoms with Gasteiger partial charge in [0.1, 0.15) is 6.29 Å². The van der Waals surface area contributed by atoms with E-state index in [4.69, 9.17) is 0 Å². The van der Waals surface area contributed by atoms with E-state index in [2.05, 4.69) is 91.0 Å². The maximum atomic E-state index is 11.4. The van der Waals surface area contributed by atoms with E-state index in [1.54, 1.807) is 0 Å². The van der Waals surface area contributed by atoms with Gasteiger partial charge in [-0.05, 0) is 40.3 Å². The summed E-state index contributed by atoms with van der Waals surface area (Å²) in [4.78, 5) is 11.4. The van der Waals surface area contributed by atoms with Crippen molar-refractivity contribution in [1.82, 2.24) is 0 Å². The third-order valence-electron chi connectivity index (χ3n) is 6.29. The van der Waals surface area contributed by atoms with E-state index in [1.165, 1.54) is 27.8 Å². The molecule has 0 amide bonds. The fourth-order valence-electron chi connectivity index (χ4n) is 5.02. The molecule has 1 heteroatoms. The normalized spacial score (nSPS) is 16.9. The average molecular weight is 374 g/mol. The summed E-state index contributed by atoms with van der Waals surface area (Å²) in [6.45, 7) is 0. The van der Waals surface area contributed by atoms with E-state index in [9.17, 15) is 4.79 Å². The van der Waals surface area contributed by atoms with E-state index in [-0.39, 0.29) is 11.3 Å². The van der Waals surface area contributed by atoms with Crippen LogP contribution in [0.25, 0.3) is 0 Å². The number of aldehydes is 1. The van der Waals surface area contributed by atoms with Crippen molar-refractivity contribution >= 4 is 6.29 Å². The van der Waals surface area contributed by atoms with Gasteiger partial charge in [0.2, 0.25) is 0 Å². The molecule has 0 saturated heterocycles. The van der Waals surface area contributed by atoms with Gasteiger partial charge in [-0.15, -0.1) is 0 Å². The van der Waals surface area contributed by atoms with Crippen molar-refractivity contribution in [2.75, 3.05) is 0 Å². The van der Waals surface area contributed by atoms with E-state index in [0.717, 1.165) is 18.3 Å². The van der Waals surface area contributed by atoms with Crippen LogP contribution >= 0.6 is 0 Å². The topological polar surface area (TPSA) is 17.1 Å². The Labute approximate surface area is 171 Å². The first-order valence-electron chi connectivity index (χ1n) is 10.1. The summed E-state index contributed by atoms with van der Waals surface area (Å²) >= 11 is 0. The van der Waals surface area contributed by atoms with Crippen LogP contribution in [0.5, 0.6) is 0 Å². The zero-order chi connectivity index (χ0) is 19.7. The maximum absolute atomic E-state index is 11.4. The molecule has 0 fully saturated rings. The molecular formula is C28H22O. The van der Waals surface area contributed by atoms with Gasteiger partial charge >= 0.3 is 0 Å². The number of carbonyl (C=O) groups is 1. The third kappa shape index (κ3) is 2.82. The minimum absolute atomic E-state index is 0.207. The van der Waals surface area contributed by atoms with Gasteiger partial charge in [0.05, 0.1) is 0 Å². The van der Waals surface area contributed by atoms with Crippen molar-refractivity contribution < 1.29 is 4.79 Å². The first-order chi connectivity index (χ1) is 14.3. The molecule has 29 heavy (non-hydrogen) atoms. The molecule has 1 aliphatic carbocycles. The number of hydrogen-bond acceptors (Lipinski definition) is 1. The number of carbonyl (C=O) groups excluding carboxylic acids is 1. The van der Waals surface area contributed by atoms with Crippen LogP contribution in [-0.4, -0.2) is 6.29 Å². The molecular weight excluding hydrogens is 352 g/mol. The molecule has 0 bridgehead atoms. The first-order valence-corrected chi connectivity index (χ1v) is 10.1. The summed E-state index contributed by atoms with van der Waals surface area (Å²) in [5.41, 5.74) is 7.07.